The van der Waals surface area contributed by atoms with Crippen LogP contribution < -0.4 is 5.32 Å². The molecule has 5 heteroatoms. The molecule has 0 fully saturated rings. The van der Waals surface area contributed by atoms with Gasteiger partial charge in [0.05, 0.1) is 4.90 Å². The predicted molar refractivity (Wildman–Crippen MR) is 87.8 cm³/mol. The van der Waals surface area contributed by atoms with Crippen LogP contribution >= 0.6 is 11.6 Å². The predicted octanol–water partition coefficient (Wildman–Crippen LogP) is 4.23. The molecule has 1 unspecified atom stereocenters. The molecule has 112 valence electrons. The lowest BCUT2D eigenvalue weighted by Crippen LogP contribution is -2.08. The van der Waals surface area contributed by atoms with Crippen molar-refractivity contribution in [1.82, 2.24) is 0 Å². The van der Waals surface area contributed by atoms with Crippen LogP contribution in [0.1, 0.15) is 24.1 Å². The van der Waals surface area contributed by atoms with Crippen molar-refractivity contribution in [2.24, 2.45) is 0 Å². The molecule has 2 aromatic carbocycles. The van der Waals surface area contributed by atoms with E-state index in [1.807, 2.05) is 44.2 Å². The normalized spacial score (nSPS) is 13.0. The zero-order chi connectivity index (χ0) is 15.6. The van der Waals surface area contributed by atoms with Crippen LogP contribution in [0.2, 0.25) is 5.02 Å². The zero-order valence-electron chi connectivity index (χ0n) is 12.2. The van der Waals surface area contributed by atoms with E-state index >= 15 is 0 Å². The van der Waals surface area contributed by atoms with Crippen LogP contribution in [0, 0.1) is 6.92 Å². The number of halogens is 1. The number of sulfone groups is 1. The molecular weight excluding hydrogens is 306 g/mol. The van der Waals surface area contributed by atoms with E-state index in [1.165, 1.54) is 6.26 Å². The largest absolute Gasteiger partial charge is 0.378 e. The van der Waals surface area contributed by atoms with Gasteiger partial charge in [-0.25, -0.2) is 8.42 Å². The van der Waals surface area contributed by atoms with Crippen LogP contribution in [-0.4, -0.2) is 14.7 Å². The minimum absolute atomic E-state index is 0.0252. The molecule has 0 aliphatic heterocycles. The summed E-state index contributed by atoms with van der Waals surface area (Å²) in [4.78, 5) is 0.314. The van der Waals surface area contributed by atoms with Gasteiger partial charge in [-0.15, -0.1) is 0 Å². The van der Waals surface area contributed by atoms with E-state index < -0.39 is 9.84 Å². The van der Waals surface area contributed by atoms with E-state index in [9.17, 15) is 8.42 Å². The molecule has 1 N–H and O–H groups in total. The summed E-state index contributed by atoms with van der Waals surface area (Å²) in [6.07, 6.45) is 1.21. The highest BCUT2D eigenvalue weighted by Gasteiger charge is 2.12. The lowest BCUT2D eigenvalue weighted by molar-refractivity contribution is 0.602. The maximum Gasteiger partial charge on any atom is 0.175 e. The summed E-state index contributed by atoms with van der Waals surface area (Å²) in [5.74, 6) is 0. The Bertz CT molecular complexity index is 757. The Hall–Kier alpha value is -1.52. The molecule has 0 aliphatic carbocycles. The van der Waals surface area contributed by atoms with Crippen molar-refractivity contribution >= 4 is 27.1 Å². The molecule has 0 aromatic heterocycles. The molecule has 0 saturated carbocycles. The third kappa shape index (κ3) is 3.99. The number of anilines is 1. The van der Waals surface area contributed by atoms with Gasteiger partial charge in [-0.05, 0) is 49.2 Å². The Kier molecular flexibility index (Phi) is 4.59. The summed E-state index contributed by atoms with van der Waals surface area (Å²) in [7, 11) is -3.21. The van der Waals surface area contributed by atoms with E-state index in [1.54, 1.807) is 12.1 Å². The third-order valence-electron chi connectivity index (χ3n) is 3.36. The highest BCUT2D eigenvalue weighted by atomic mass is 35.5. The van der Waals surface area contributed by atoms with Gasteiger partial charge in [-0.3, -0.25) is 0 Å². The van der Waals surface area contributed by atoms with Gasteiger partial charge in [-0.2, -0.15) is 0 Å². The van der Waals surface area contributed by atoms with Crippen molar-refractivity contribution in [3.05, 3.63) is 58.6 Å². The summed E-state index contributed by atoms with van der Waals surface area (Å²) in [6.45, 7) is 3.96. The van der Waals surface area contributed by atoms with Crippen molar-refractivity contribution in [2.75, 3.05) is 11.6 Å². The van der Waals surface area contributed by atoms with Crippen LogP contribution in [0.3, 0.4) is 0 Å². The summed E-state index contributed by atoms with van der Waals surface area (Å²) in [5, 5.41) is 4.03. The van der Waals surface area contributed by atoms with Gasteiger partial charge < -0.3 is 5.32 Å². The van der Waals surface area contributed by atoms with Gasteiger partial charge in [0.15, 0.2) is 9.84 Å². The maximum absolute atomic E-state index is 11.7. The Morgan fingerprint density at radius 3 is 2.48 bits per heavy atom. The van der Waals surface area contributed by atoms with Gasteiger partial charge >= 0.3 is 0 Å². The highest BCUT2D eigenvalue weighted by molar-refractivity contribution is 7.90. The Balaban J connectivity index is 2.31. The molecule has 1 atom stereocenters. The number of aryl methyl sites for hydroxylation is 1. The number of benzene rings is 2. The second-order valence-electron chi connectivity index (χ2n) is 5.17. The summed E-state index contributed by atoms with van der Waals surface area (Å²) >= 11 is 6.00. The minimum Gasteiger partial charge on any atom is -0.378 e. The molecule has 0 radical (unpaired) electrons. The number of rotatable bonds is 4. The first-order valence-electron chi connectivity index (χ1n) is 6.60. The molecule has 0 amide bonds. The fraction of sp³-hybridized carbons (Fsp3) is 0.250. The molecular formula is C16H18ClNO2S. The Morgan fingerprint density at radius 2 is 1.86 bits per heavy atom. The quantitative estimate of drug-likeness (QED) is 0.916. The van der Waals surface area contributed by atoms with Crippen molar-refractivity contribution in [3.63, 3.8) is 0 Å². The number of hydrogen-bond acceptors (Lipinski definition) is 3. The first-order chi connectivity index (χ1) is 9.77. The van der Waals surface area contributed by atoms with E-state index in [0.29, 0.717) is 9.92 Å². The number of nitrogens with one attached hydrogen (secondary N) is 1. The average Bonchev–Trinajstić information content (AvgIpc) is 2.40. The first-order valence-corrected chi connectivity index (χ1v) is 8.87. The zero-order valence-corrected chi connectivity index (χ0v) is 13.8. The lowest BCUT2D eigenvalue weighted by atomic mass is 10.1. The van der Waals surface area contributed by atoms with Gasteiger partial charge in [0, 0.05) is 23.0 Å². The van der Waals surface area contributed by atoms with E-state index in [2.05, 4.69) is 5.32 Å². The number of hydrogen-bond donors (Lipinski definition) is 1. The van der Waals surface area contributed by atoms with Crippen LogP contribution in [0.4, 0.5) is 5.69 Å². The Morgan fingerprint density at radius 1 is 1.14 bits per heavy atom. The van der Waals surface area contributed by atoms with Gasteiger partial charge in [0.2, 0.25) is 0 Å². The summed E-state index contributed by atoms with van der Waals surface area (Å²) in [6, 6.07) is 12.7. The topological polar surface area (TPSA) is 46.2 Å². The van der Waals surface area contributed by atoms with Crippen LogP contribution in [0.5, 0.6) is 0 Å². The fourth-order valence-corrected chi connectivity index (χ4v) is 2.93. The molecule has 0 heterocycles. The molecule has 2 rings (SSSR count). The van der Waals surface area contributed by atoms with Crippen molar-refractivity contribution < 1.29 is 8.42 Å². The lowest BCUT2D eigenvalue weighted by Gasteiger charge is -2.18. The minimum atomic E-state index is -3.21. The second-order valence-corrected chi connectivity index (χ2v) is 7.62. The first kappa shape index (κ1) is 15.9. The van der Waals surface area contributed by atoms with Gasteiger partial charge in [0.1, 0.15) is 0 Å². The molecule has 0 bridgehead atoms. The fourth-order valence-electron chi connectivity index (χ4n) is 2.08. The van der Waals surface area contributed by atoms with Crippen molar-refractivity contribution in [1.29, 1.82) is 0 Å². The second kappa shape index (κ2) is 6.08. The van der Waals surface area contributed by atoms with Gasteiger partial charge in [0.25, 0.3) is 0 Å². The smallest absolute Gasteiger partial charge is 0.175 e. The van der Waals surface area contributed by atoms with Crippen molar-refractivity contribution in [3.8, 4) is 0 Å². The molecule has 0 aliphatic rings. The molecule has 3 nitrogen and oxygen atoms in total. The van der Waals surface area contributed by atoms with Crippen LogP contribution in [0.25, 0.3) is 0 Å². The highest BCUT2D eigenvalue weighted by Crippen LogP contribution is 2.26. The maximum atomic E-state index is 11.7. The standard InChI is InChI=1S/C16H18ClNO2S/c1-11-7-8-15(21(3,19)20)10-16(11)18-12(2)13-5-4-6-14(17)9-13/h4-10,12,18H,1-3H3. The summed E-state index contributed by atoms with van der Waals surface area (Å²) in [5.41, 5.74) is 2.85. The van der Waals surface area contributed by atoms with E-state index in [-0.39, 0.29) is 6.04 Å². The van der Waals surface area contributed by atoms with Gasteiger partial charge in [-0.1, -0.05) is 29.8 Å². The van der Waals surface area contributed by atoms with Crippen LogP contribution in [-0.2, 0) is 9.84 Å². The van der Waals surface area contributed by atoms with E-state index in [4.69, 9.17) is 11.6 Å². The molecule has 2 aromatic rings. The Labute approximate surface area is 130 Å². The van der Waals surface area contributed by atoms with Crippen LogP contribution in [0.15, 0.2) is 47.4 Å². The molecule has 0 saturated heterocycles. The van der Waals surface area contributed by atoms with Crippen molar-refractivity contribution in [2.45, 2.75) is 24.8 Å². The molecule has 21 heavy (non-hydrogen) atoms. The third-order valence-corrected chi connectivity index (χ3v) is 4.70. The monoisotopic (exact) mass is 323 g/mol. The average molecular weight is 324 g/mol. The molecule has 0 spiro atoms. The summed E-state index contributed by atoms with van der Waals surface area (Å²) < 4.78 is 23.3. The van der Waals surface area contributed by atoms with E-state index in [0.717, 1.165) is 16.8 Å². The SMILES string of the molecule is Cc1ccc(S(C)(=O)=O)cc1NC(C)c1cccc(Cl)c1.